The van der Waals surface area contributed by atoms with Crippen LogP contribution in [0, 0.1) is 0 Å². The van der Waals surface area contributed by atoms with Crippen LogP contribution in [0.15, 0.2) is 46.0 Å². The average Bonchev–Trinajstić information content (AvgIpc) is 2.37. The summed E-state index contributed by atoms with van der Waals surface area (Å²) in [5, 5.41) is 1.02. The smallest absolute Gasteiger partial charge is 0.133 e. The van der Waals surface area contributed by atoms with Crippen LogP contribution in [0.25, 0.3) is 0 Å². The number of thioether (sulfide) groups is 1. The van der Waals surface area contributed by atoms with Gasteiger partial charge in [-0.05, 0) is 21.5 Å². The second kappa shape index (κ2) is 6.34. The summed E-state index contributed by atoms with van der Waals surface area (Å²) in [6.07, 6.45) is 0. The van der Waals surface area contributed by atoms with Gasteiger partial charge in [-0.15, -0.1) is 11.8 Å². The van der Waals surface area contributed by atoms with Gasteiger partial charge in [0.15, 0.2) is 0 Å². The molecule has 0 amide bonds. The van der Waals surface area contributed by atoms with Gasteiger partial charge in [0.05, 0.1) is 0 Å². The third-order valence-electron chi connectivity index (χ3n) is 2.43. The van der Waals surface area contributed by atoms with E-state index < -0.39 is 0 Å². The molecular weight excluding hydrogens is 308 g/mol. The van der Waals surface area contributed by atoms with Crippen LogP contribution in [0.3, 0.4) is 0 Å². The van der Waals surface area contributed by atoms with Crippen LogP contribution in [-0.2, 0) is 5.75 Å². The van der Waals surface area contributed by atoms with E-state index in [2.05, 4.69) is 64.0 Å². The van der Waals surface area contributed by atoms with Gasteiger partial charge in [-0.3, -0.25) is 0 Å². The molecule has 0 saturated heterocycles. The molecule has 0 fully saturated rings. The minimum absolute atomic E-state index is 0.346. The Morgan fingerprint density at radius 3 is 2.56 bits per heavy atom. The Labute approximate surface area is 120 Å². The summed E-state index contributed by atoms with van der Waals surface area (Å²) in [6.45, 7) is 4.21. The number of benzene rings is 1. The monoisotopic (exact) mass is 322 g/mol. The molecule has 1 aromatic carbocycles. The molecule has 0 unspecified atom stereocenters. The zero-order valence-electron chi connectivity index (χ0n) is 10.4. The van der Waals surface area contributed by atoms with Gasteiger partial charge in [0.25, 0.3) is 0 Å². The van der Waals surface area contributed by atoms with Crippen LogP contribution in [0.5, 0.6) is 0 Å². The van der Waals surface area contributed by atoms with Crippen molar-refractivity contribution in [3.63, 3.8) is 0 Å². The third-order valence-corrected chi connectivity index (χ3v) is 3.82. The van der Waals surface area contributed by atoms with E-state index in [0.29, 0.717) is 5.92 Å². The van der Waals surface area contributed by atoms with Crippen molar-refractivity contribution in [3.8, 4) is 0 Å². The molecule has 18 heavy (non-hydrogen) atoms. The van der Waals surface area contributed by atoms with Crippen molar-refractivity contribution < 1.29 is 0 Å². The highest BCUT2D eigenvalue weighted by molar-refractivity contribution is 9.10. The molecule has 4 heteroatoms. The maximum Gasteiger partial charge on any atom is 0.133 e. The predicted octanol–water partition coefficient (Wildman–Crippen LogP) is 4.65. The van der Waals surface area contributed by atoms with E-state index in [1.165, 1.54) is 5.56 Å². The Balaban J connectivity index is 2.10. The Hall–Kier alpha value is -0.870. The lowest BCUT2D eigenvalue weighted by Crippen LogP contribution is -1.99. The lowest BCUT2D eigenvalue weighted by Gasteiger charge is -2.07. The van der Waals surface area contributed by atoms with Crippen molar-refractivity contribution in [2.45, 2.75) is 30.5 Å². The lowest BCUT2D eigenvalue weighted by molar-refractivity contribution is 0.747. The normalized spacial score (nSPS) is 10.9. The summed E-state index contributed by atoms with van der Waals surface area (Å²) in [5.41, 5.74) is 1.31. The topological polar surface area (TPSA) is 25.8 Å². The van der Waals surface area contributed by atoms with Crippen LogP contribution in [0.4, 0.5) is 0 Å². The summed E-state index contributed by atoms with van der Waals surface area (Å²) >= 11 is 5.18. The number of hydrogen-bond donors (Lipinski definition) is 0. The maximum absolute atomic E-state index is 4.57. The first-order chi connectivity index (χ1) is 8.65. The van der Waals surface area contributed by atoms with E-state index in [9.17, 15) is 0 Å². The van der Waals surface area contributed by atoms with Gasteiger partial charge >= 0.3 is 0 Å². The first-order valence-electron chi connectivity index (χ1n) is 5.86. The molecule has 1 aromatic heterocycles. The van der Waals surface area contributed by atoms with Crippen molar-refractivity contribution in [2.24, 2.45) is 0 Å². The summed E-state index contributed by atoms with van der Waals surface area (Å²) in [6, 6.07) is 12.4. The second-order valence-electron chi connectivity index (χ2n) is 4.32. The largest absolute Gasteiger partial charge is 0.226 e. The van der Waals surface area contributed by atoms with Crippen LogP contribution < -0.4 is 0 Å². The number of aromatic nitrogens is 2. The number of rotatable bonds is 4. The van der Waals surface area contributed by atoms with Gasteiger partial charge < -0.3 is 0 Å². The molecule has 0 aliphatic heterocycles. The van der Waals surface area contributed by atoms with Gasteiger partial charge in [-0.1, -0.05) is 44.2 Å². The molecule has 2 nitrogen and oxygen atoms in total. The minimum Gasteiger partial charge on any atom is -0.226 e. The zero-order valence-corrected chi connectivity index (χ0v) is 12.8. The summed E-state index contributed by atoms with van der Waals surface area (Å²) in [5.74, 6) is 2.17. The van der Waals surface area contributed by atoms with Crippen LogP contribution in [0.1, 0.15) is 31.2 Å². The molecule has 0 saturated carbocycles. The van der Waals surface area contributed by atoms with E-state index in [0.717, 1.165) is 21.2 Å². The lowest BCUT2D eigenvalue weighted by atomic mass is 10.2. The number of nitrogens with zero attached hydrogens (tertiary/aromatic N) is 2. The Bertz CT molecular complexity index is 514. The zero-order chi connectivity index (χ0) is 13.0. The van der Waals surface area contributed by atoms with E-state index in [4.69, 9.17) is 0 Å². The maximum atomic E-state index is 4.57. The second-order valence-corrected chi connectivity index (χ2v) is 6.12. The summed E-state index contributed by atoms with van der Waals surface area (Å²) in [4.78, 5) is 8.95. The standard InChI is InChI=1S/C14H15BrN2S/c1-10(2)14-16-12(15)8-13(17-14)18-9-11-6-4-3-5-7-11/h3-8,10H,9H2,1-2H3. The highest BCUT2D eigenvalue weighted by atomic mass is 79.9. The van der Waals surface area contributed by atoms with Gasteiger partial charge in [0.1, 0.15) is 15.5 Å². The van der Waals surface area contributed by atoms with Gasteiger partial charge in [-0.25, -0.2) is 9.97 Å². The van der Waals surface area contributed by atoms with E-state index >= 15 is 0 Å². The molecule has 0 atom stereocenters. The molecule has 2 rings (SSSR count). The van der Waals surface area contributed by atoms with E-state index in [-0.39, 0.29) is 0 Å². The van der Waals surface area contributed by atoms with Crippen molar-refractivity contribution in [1.82, 2.24) is 9.97 Å². The molecule has 0 radical (unpaired) electrons. The van der Waals surface area contributed by atoms with Crippen molar-refractivity contribution in [2.75, 3.05) is 0 Å². The first kappa shape index (κ1) is 13.6. The SMILES string of the molecule is CC(C)c1nc(Br)cc(SCc2ccccc2)n1. The van der Waals surface area contributed by atoms with E-state index in [1.54, 1.807) is 11.8 Å². The Morgan fingerprint density at radius 1 is 1.17 bits per heavy atom. The number of halogens is 1. The van der Waals surface area contributed by atoms with Gasteiger partial charge in [-0.2, -0.15) is 0 Å². The molecular formula is C14H15BrN2S. The molecule has 0 N–H and O–H groups in total. The first-order valence-corrected chi connectivity index (χ1v) is 7.64. The summed E-state index contributed by atoms with van der Waals surface area (Å²) < 4.78 is 0.858. The highest BCUT2D eigenvalue weighted by Crippen LogP contribution is 2.24. The van der Waals surface area contributed by atoms with Crippen LogP contribution >= 0.6 is 27.7 Å². The Morgan fingerprint density at radius 2 is 1.89 bits per heavy atom. The van der Waals surface area contributed by atoms with Crippen LogP contribution in [0.2, 0.25) is 0 Å². The van der Waals surface area contributed by atoms with Crippen LogP contribution in [-0.4, -0.2) is 9.97 Å². The van der Waals surface area contributed by atoms with Crippen molar-refractivity contribution >= 4 is 27.7 Å². The van der Waals surface area contributed by atoms with Crippen molar-refractivity contribution in [3.05, 3.63) is 52.4 Å². The molecule has 2 aromatic rings. The predicted molar refractivity (Wildman–Crippen MR) is 79.8 cm³/mol. The molecule has 0 bridgehead atoms. The molecule has 0 aliphatic carbocycles. The average molecular weight is 323 g/mol. The number of hydrogen-bond acceptors (Lipinski definition) is 3. The summed E-state index contributed by atoms with van der Waals surface area (Å²) in [7, 11) is 0. The fraction of sp³-hybridized carbons (Fsp3) is 0.286. The van der Waals surface area contributed by atoms with E-state index in [1.807, 2.05) is 12.1 Å². The van der Waals surface area contributed by atoms with Gasteiger partial charge in [0.2, 0.25) is 0 Å². The minimum atomic E-state index is 0.346. The fourth-order valence-electron chi connectivity index (χ4n) is 1.48. The van der Waals surface area contributed by atoms with Gasteiger partial charge in [0, 0.05) is 17.7 Å². The molecule has 94 valence electrons. The third kappa shape index (κ3) is 3.82. The highest BCUT2D eigenvalue weighted by Gasteiger charge is 2.07. The fourth-order valence-corrected chi connectivity index (χ4v) is 2.89. The van der Waals surface area contributed by atoms with Crippen molar-refractivity contribution in [1.29, 1.82) is 0 Å². The molecule has 1 heterocycles. The quantitative estimate of drug-likeness (QED) is 0.605. The Kier molecular flexibility index (Phi) is 4.78. The molecule has 0 aliphatic rings. The molecule has 0 spiro atoms.